The number of halogens is 2. The van der Waals surface area contributed by atoms with Crippen molar-refractivity contribution in [2.45, 2.75) is 108 Å². The van der Waals surface area contributed by atoms with Crippen LogP contribution in [-0.4, -0.2) is 7.11 Å². The zero-order chi connectivity index (χ0) is 40.2. The third-order valence-electron chi connectivity index (χ3n) is 12.6. The molecule has 0 aliphatic heterocycles. The number of ether oxygens (including phenoxy) is 1. The average Bonchev–Trinajstić information content (AvgIpc) is 3.79. The van der Waals surface area contributed by atoms with Gasteiger partial charge in [0.05, 0.1) is 0 Å². The molecule has 0 heterocycles. The van der Waals surface area contributed by atoms with Crippen molar-refractivity contribution in [2.24, 2.45) is 0 Å². The van der Waals surface area contributed by atoms with E-state index in [-0.39, 0.29) is 12.7 Å². The summed E-state index contributed by atoms with van der Waals surface area (Å²) in [5, 5.41) is 0. The normalized spacial score (nSPS) is 17.5. The van der Waals surface area contributed by atoms with E-state index in [9.17, 15) is 0 Å². The second kappa shape index (κ2) is 14.3. The third kappa shape index (κ3) is 6.55. The van der Waals surface area contributed by atoms with E-state index in [2.05, 4.69) is 149 Å². The molecule has 0 fully saturated rings. The molecule has 0 saturated heterocycles. The summed E-state index contributed by atoms with van der Waals surface area (Å²) in [6, 6.07) is 23.4. The van der Waals surface area contributed by atoms with Gasteiger partial charge in [0.2, 0.25) is 0 Å². The molecule has 8 rings (SSSR count). The van der Waals surface area contributed by atoms with Crippen LogP contribution in [0.3, 0.4) is 0 Å². The van der Waals surface area contributed by atoms with E-state index in [1.165, 1.54) is 111 Å². The van der Waals surface area contributed by atoms with Gasteiger partial charge in [0.15, 0.2) is 0 Å². The number of aryl methyl sites for hydroxylation is 6. The average molecular weight is 859 g/mol. The number of benzene rings is 5. The molecular weight excluding hydrogens is 803 g/mol. The zero-order valence-corrected chi connectivity index (χ0v) is 39.3. The molecule has 5 aromatic carbocycles. The van der Waals surface area contributed by atoms with E-state index in [4.69, 9.17) is 21.8 Å². The Morgan fingerprint density at radius 1 is 0.554 bits per heavy atom. The van der Waals surface area contributed by atoms with E-state index in [0.29, 0.717) is 0 Å². The van der Waals surface area contributed by atoms with Crippen LogP contribution in [-0.2, 0) is 36.1 Å². The van der Waals surface area contributed by atoms with E-state index < -0.39 is 17.9 Å². The summed E-state index contributed by atoms with van der Waals surface area (Å²) >= 11 is -4.41. The molecule has 0 amide bonds. The van der Waals surface area contributed by atoms with Crippen LogP contribution in [0.15, 0.2) is 71.8 Å². The number of methoxy groups -OCH3 is 1. The first-order valence-corrected chi connectivity index (χ1v) is 29.5. The Labute approximate surface area is 347 Å². The van der Waals surface area contributed by atoms with E-state index >= 15 is 0 Å². The molecule has 3 aliphatic carbocycles. The van der Waals surface area contributed by atoms with Crippen molar-refractivity contribution >= 4 is 29.2 Å². The van der Waals surface area contributed by atoms with E-state index in [0.717, 1.165) is 30.6 Å². The van der Waals surface area contributed by atoms with Gasteiger partial charge in [-0.25, -0.2) is 0 Å². The molecule has 2 atom stereocenters. The molecule has 1 nitrogen and oxygen atoms in total. The molecule has 0 aromatic heterocycles. The molecule has 0 radical (unpaired) electrons. The standard InChI is InChI=1S/C29H29.C23H27O.2ClH.Zr/c1-17-9-18(2)12-22(11-17)28-24-7-6-8-25(24)29(27-16-21(5)15-26(27)28)23-13-19(3)10-20(4)14-23;1-14-8-15(2)11-18(10-14)21-19-12-16(3)9-17(19)13-20(22(21)24-7)23(4,5)6;;;/h9-16H,6-8H2,1-5H3;8-13H,1-7H3;2*1H;/q;;;;+2/p-2. The molecule has 0 bridgehead atoms. The minimum atomic E-state index is -4.41. The Bertz CT molecular complexity index is 2480. The quantitative estimate of drug-likeness (QED) is 0.165. The van der Waals surface area contributed by atoms with Gasteiger partial charge in [0, 0.05) is 0 Å². The predicted molar refractivity (Wildman–Crippen MR) is 239 cm³/mol. The SMILES string of the molecule is COc1c(C(C)(C)C)cc2c(c1-c1cc(C)cc(C)c1)C=C(C)[CH]2[Zr]([Cl])([Cl])[CH]1C(C)=Cc2c(-c3cc(C)cc(C)c3)c3c(c(-c4cc(C)cc(C)c4)c21)CCC3. The van der Waals surface area contributed by atoms with Gasteiger partial charge in [-0.2, -0.15) is 0 Å². The fraction of sp³-hybridized carbons (Fsp3) is 0.346. The van der Waals surface area contributed by atoms with Crippen molar-refractivity contribution in [3.8, 4) is 39.1 Å². The Morgan fingerprint density at radius 3 is 1.46 bits per heavy atom. The van der Waals surface area contributed by atoms with Gasteiger partial charge in [-0.15, -0.1) is 0 Å². The topological polar surface area (TPSA) is 9.23 Å². The number of allylic oxidation sites excluding steroid dienone is 2. The summed E-state index contributed by atoms with van der Waals surface area (Å²) in [6.07, 6.45) is 8.20. The van der Waals surface area contributed by atoms with Crippen LogP contribution < -0.4 is 4.74 Å². The molecule has 0 N–H and O–H groups in total. The van der Waals surface area contributed by atoms with Gasteiger partial charge in [-0.3, -0.25) is 0 Å². The number of hydrogen-bond acceptors (Lipinski definition) is 1. The summed E-state index contributed by atoms with van der Waals surface area (Å²) in [7, 11) is 18.8. The van der Waals surface area contributed by atoms with Crippen LogP contribution >= 0.6 is 17.0 Å². The van der Waals surface area contributed by atoms with Gasteiger partial charge in [-0.1, -0.05) is 0 Å². The van der Waals surface area contributed by atoms with E-state index in [1.807, 2.05) is 7.11 Å². The van der Waals surface area contributed by atoms with E-state index in [1.54, 1.807) is 0 Å². The Balaban J connectivity index is 1.43. The predicted octanol–water partition coefficient (Wildman–Crippen LogP) is 15.4. The summed E-state index contributed by atoms with van der Waals surface area (Å²) in [6.45, 7) is 24.7. The van der Waals surface area contributed by atoms with Crippen LogP contribution in [0, 0.1) is 41.5 Å². The van der Waals surface area contributed by atoms with Crippen molar-refractivity contribution in [2.75, 3.05) is 7.11 Å². The van der Waals surface area contributed by atoms with Gasteiger partial charge in [0.1, 0.15) is 0 Å². The van der Waals surface area contributed by atoms with Crippen LogP contribution in [0.25, 0.3) is 45.5 Å². The van der Waals surface area contributed by atoms with Crippen LogP contribution in [0.1, 0.15) is 121 Å². The Kier molecular flexibility index (Phi) is 10.1. The van der Waals surface area contributed by atoms with Crippen molar-refractivity contribution < 1.29 is 22.6 Å². The summed E-state index contributed by atoms with van der Waals surface area (Å²) in [4.78, 5) is 0. The Hall–Kier alpha value is -3.16. The summed E-state index contributed by atoms with van der Waals surface area (Å²) < 4.78 is 6.33. The fourth-order valence-corrected chi connectivity index (χ4v) is 25.0. The van der Waals surface area contributed by atoms with Gasteiger partial charge >= 0.3 is 350 Å². The minimum absolute atomic E-state index is 0.0295. The van der Waals surface area contributed by atoms with Crippen LogP contribution in [0.4, 0.5) is 0 Å². The van der Waals surface area contributed by atoms with Crippen molar-refractivity contribution in [1.29, 1.82) is 0 Å². The van der Waals surface area contributed by atoms with Crippen LogP contribution in [0.2, 0.25) is 0 Å². The summed E-state index contributed by atoms with van der Waals surface area (Å²) in [5.74, 6) is 0.948. The number of fused-ring (bicyclic) bond motifs is 3. The maximum atomic E-state index is 8.47. The zero-order valence-electron chi connectivity index (χ0n) is 35.4. The molecule has 0 spiro atoms. The monoisotopic (exact) mass is 856 g/mol. The number of rotatable bonds is 6. The molecule has 288 valence electrons. The molecule has 2 unspecified atom stereocenters. The van der Waals surface area contributed by atoms with Crippen molar-refractivity contribution in [1.82, 2.24) is 0 Å². The maximum absolute atomic E-state index is 8.47. The molecule has 4 heteroatoms. The van der Waals surface area contributed by atoms with Gasteiger partial charge in [-0.05, 0) is 0 Å². The fourth-order valence-electron chi connectivity index (χ4n) is 10.8. The molecule has 3 aliphatic rings. The second-order valence-corrected chi connectivity index (χ2v) is 33.1. The first kappa shape index (κ1) is 39.7. The summed E-state index contributed by atoms with van der Waals surface area (Å²) in [5.41, 5.74) is 27.2. The number of hydrogen-bond donors (Lipinski definition) is 0. The van der Waals surface area contributed by atoms with Gasteiger partial charge < -0.3 is 0 Å². The third-order valence-corrected chi connectivity index (χ3v) is 25.2. The Morgan fingerprint density at radius 2 is 0.982 bits per heavy atom. The first-order valence-electron chi connectivity index (χ1n) is 20.4. The molecule has 56 heavy (non-hydrogen) atoms. The van der Waals surface area contributed by atoms with Gasteiger partial charge in [0.25, 0.3) is 0 Å². The molecule has 5 aromatic rings. The van der Waals surface area contributed by atoms with Crippen molar-refractivity contribution in [3.05, 3.63) is 144 Å². The first-order chi connectivity index (χ1) is 26.4. The molecular formula is C52H56Cl2OZr. The van der Waals surface area contributed by atoms with Crippen LogP contribution in [0.5, 0.6) is 5.75 Å². The second-order valence-electron chi connectivity index (χ2n) is 18.4. The molecule has 0 saturated carbocycles. The van der Waals surface area contributed by atoms with Crippen molar-refractivity contribution in [3.63, 3.8) is 0 Å².